The minimum Gasteiger partial charge on any atom is -0.326 e. The lowest BCUT2D eigenvalue weighted by Gasteiger charge is -2.29. The smallest absolute Gasteiger partial charge is 0.205 e. The van der Waals surface area contributed by atoms with Gasteiger partial charge in [0.15, 0.2) is 29.4 Å². The molecule has 0 bridgehead atoms. The van der Waals surface area contributed by atoms with Crippen molar-refractivity contribution in [2.45, 2.75) is 26.6 Å². The number of rotatable bonds is 4. The predicted octanol–water partition coefficient (Wildman–Crippen LogP) is 4.36. The van der Waals surface area contributed by atoms with Gasteiger partial charge in [0, 0.05) is 11.9 Å². The SMILES string of the molecule is CNC1N=C(Nc2cc(C)ccc2C)N(Cc2cc(F)c(F)c(F)c2)C=C1F. The Kier molecular flexibility index (Phi) is 5.69. The van der Waals surface area contributed by atoms with Crippen molar-refractivity contribution in [2.75, 3.05) is 12.4 Å². The zero-order chi connectivity index (χ0) is 20.4. The van der Waals surface area contributed by atoms with Crippen molar-refractivity contribution in [3.8, 4) is 0 Å². The molecule has 0 fully saturated rings. The summed E-state index contributed by atoms with van der Waals surface area (Å²) in [7, 11) is 1.57. The number of aryl methyl sites for hydroxylation is 2. The number of nitrogens with zero attached hydrogens (tertiary/aromatic N) is 2. The Bertz CT molecular complexity index is 932. The lowest BCUT2D eigenvalue weighted by molar-refractivity contribution is 0.421. The maximum Gasteiger partial charge on any atom is 0.205 e. The fraction of sp³-hybridized carbons (Fsp3) is 0.250. The molecule has 1 aliphatic rings. The minimum absolute atomic E-state index is 0.103. The summed E-state index contributed by atoms with van der Waals surface area (Å²) < 4.78 is 54.6. The summed E-state index contributed by atoms with van der Waals surface area (Å²) in [5.41, 5.74) is 2.87. The summed E-state index contributed by atoms with van der Waals surface area (Å²) in [5, 5.41) is 5.89. The average Bonchev–Trinajstić information content (AvgIpc) is 2.64. The van der Waals surface area contributed by atoms with Crippen molar-refractivity contribution in [3.63, 3.8) is 0 Å². The molecule has 1 atom stereocenters. The molecule has 2 aromatic carbocycles. The number of hydrogen-bond acceptors (Lipinski definition) is 4. The van der Waals surface area contributed by atoms with Crippen LogP contribution in [0.3, 0.4) is 0 Å². The fourth-order valence-corrected chi connectivity index (χ4v) is 2.85. The fourth-order valence-electron chi connectivity index (χ4n) is 2.85. The first kappa shape index (κ1) is 19.9. The van der Waals surface area contributed by atoms with Crippen molar-refractivity contribution in [1.29, 1.82) is 0 Å². The minimum atomic E-state index is -1.54. The van der Waals surface area contributed by atoms with Gasteiger partial charge in [0.05, 0.1) is 6.54 Å². The second kappa shape index (κ2) is 8.02. The standard InChI is InChI=1S/C20H20F4N4/c1-11-4-5-12(2)17(6-11)26-20-27-19(25-3)16(23)10-28(20)9-13-7-14(21)18(24)15(22)8-13/h4-8,10,19,25H,9H2,1-3H3,(H,26,27). The van der Waals surface area contributed by atoms with Gasteiger partial charge < -0.3 is 10.2 Å². The van der Waals surface area contributed by atoms with Crippen LogP contribution < -0.4 is 10.6 Å². The Morgan fingerprint density at radius 2 is 1.71 bits per heavy atom. The number of benzene rings is 2. The molecule has 2 aromatic rings. The van der Waals surface area contributed by atoms with Gasteiger partial charge in [-0.3, -0.25) is 5.32 Å². The van der Waals surface area contributed by atoms with Gasteiger partial charge in [-0.15, -0.1) is 0 Å². The Morgan fingerprint density at radius 1 is 1.04 bits per heavy atom. The second-order valence-corrected chi connectivity index (χ2v) is 6.60. The highest BCUT2D eigenvalue weighted by Gasteiger charge is 2.24. The highest BCUT2D eigenvalue weighted by atomic mass is 19.2. The van der Waals surface area contributed by atoms with E-state index in [4.69, 9.17) is 0 Å². The van der Waals surface area contributed by atoms with Crippen LogP contribution in [0, 0.1) is 31.3 Å². The Hall–Kier alpha value is -2.87. The number of guanidine groups is 1. The molecule has 0 aromatic heterocycles. The normalized spacial score (nSPS) is 16.7. The van der Waals surface area contributed by atoms with Gasteiger partial charge in [-0.25, -0.2) is 22.6 Å². The number of nitrogens with one attached hydrogen (secondary N) is 2. The number of anilines is 1. The maximum atomic E-state index is 14.3. The van der Waals surface area contributed by atoms with Gasteiger partial charge >= 0.3 is 0 Å². The van der Waals surface area contributed by atoms with E-state index in [-0.39, 0.29) is 12.1 Å². The molecular weight excluding hydrogens is 372 g/mol. The summed E-state index contributed by atoms with van der Waals surface area (Å²) in [5.74, 6) is -4.41. The van der Waals surface area contributed by atoms with E-state index in [1.165, 1.54) is 11.1 Å². The molecule has 0 radical (unpaired) electrons. The van der Waals surface area contributed by atoms with E-state index < -0.39 is 29.4 Å². The van der Waals surface area contributed by atoms with Crippen LogP contribution in [-0.4, -0.2) is 24.1 Å². The van der Waals surface area contributed by atoms with Gasteiger partial charge in [-0.1, -0.05) is 12.1 Å². The van der Waals surface area contributed by atoms with Crippen LogP contribution in [0.5, 0.6) is 0 Å². The number of hydrogen-bond donors (Lipinski definition) is 2. The first-order chi connectivity index (χ1) is 13.3. The summed E-state index contributed by atoms with van der Waals surface area (Å²) in [6, 6.07) is 7.56. The summed E-state index contributed by atoms with van der Waals surface area (Å²) in [6.07, 6.45) is 0.311. The molecule has 4 nitrogen and oxygen atoms in total. The van der Waals surface area contributed by atoms with Gasteiger partial charge in [-0.2, -0.15) is 0 Å². The van der Waals surface area contributed by atoms with Crippen LogP contribution in [0.2, 0.25) is 0 Å². The van der Waals surface area contributed by atoms with Crippen LogP contribution in [0.15, 0.2) is 47.4 Å². The zero-order valence-electron chi connectivity index (χ0n) is 15.7. The van der Waals surface area contributed by atoms with Crippen LogP contribution in [0.1, 0.15) is 16.7 Å². The van der Waals surface area contributed by atoms with Crippen molar-refractivity contribution in [3.05, 3.63) is 76.5 Å². The van der Waals surface area contributed by atoms with Gasteiger partial charge in [0.2, 0.25) is 5.96 Å². The number of likely N-dealkylation sites (N-methyl/N-ethyl adjacent to an activating group) is 1. The summed E-state index contributed by atoms with van der Waals surface area (Å²) in [6.45, 7) is 3.74. The monoisotopic (exact) mass is 392 g/mol. The number of halogens is 4. The molecule has 1 unspecified atom stereocenters. The first-order valence-electron chi connectivity index (χ1n) is 8.65. The van der Waals surface area contributed by atoms with E-state index in [1.54, 1.807) is 7.05 Å². The lowest BCUT2D eigenvalue weighted by atomic mass is 10.1. The quantitative estimate of drug-likeness (QED) is 0.600. The van der Waals surface area contributed by atoms with E-state index >= 15 is 0 Å². The third-order valence-corrected chi connectivity index (χ3v) is 4.37. The van der Waals surface area contributed by atoms with E-state index in [0.717, 1.165) is 28.9 Å². The van der Waals surface area contributed by atoms with Crippen molar-refractivity contribution in [1.82, 2.24) is 10.2 Å². The largest absolute Gasteiger partial charge is 0.326 e. The molecule has 0 saturated carbocycles. The summed E-state index contributed by atoms with van der Waals surface area (Å²) in [4.78, 5) is 5.69. The van der Waals surface area contributed by atoms with Crippen molar-refractivity contribution in [2.24, 2.45) is 4.99 Å². The lowest BCUT2D eigenvalue weighted by Crippen LogP contribution is -2.40. The Balaban J connectivity index is 1.93. The molecule has 1 aliphatic heterocycles. The molecule has 148 valence electrons. The van der Waals surface area contributed by atoms with Crippen LogP contribution in [0.25, 0.3) is 0 Å². The van der Waals surface area contributed by atoms with Gasteiger partial charge in [-0.05, 0) is 55.8 Å². The van der Waals surface area contributed by atoms with E-state index in [9.17, 15) is 17.6 Å². The zero-order valence-corrected chi connectivity index (χ0v) is 15.7. The molecule has 3 rings (SSSR count). The summed E-state index contributed by atoms with van der Waals surface area (Å²) >= 11 is 0. The Morgan fingerprint density at radius 3 is 2.36 bits per heavy atom. The van der Waals surface area contributed by atoms with Crippen LogP contribution in [-0.2, 0) is 6.54 Å². The van der Waals surface area contributed by atoms with E-state index in [0.29, 0.717) is 5.96 Å². The average molecular weight is 392 g/mol. The third kappa shape index (κ3) is 4.17. The van der Waals surface area contributed by atoms with E-state index in [1.807, 2.05) is 32.0 Å². The highest BCUT2D eigenvalue weighted by Crippen LogP contribution is 2.23. The molecule has 1 heterocycles. The molecule has 0 spiro atoms. The predicted molar refractivity (Wildman–Crippen MR) is 101 cm³/mol. The van der Waals surface area contributed by atoms with Crippen LogP contribution in [0.4, 0.5) is 23.2 Å². The molecule has 0 saturated heterocycles. The maximum absolute atomic E-state index is 14.3. The molecule has 0 amide bonds. The molecule has 28 heavy (non-hydrogen) atoms. The first-order valence-corrected chi connectivity index (χ1v) is 8.65. The molecule has 2 N–H and O–H groups in total. The Labute approximate surface area is 160 Å². The van der Waals surface area contributed by atoms with Crippen molar-refractivity contribution < 1.29 is 17.6 Å². The second-order valence-electron chi connectivity index (χ2n) is 6.60. The van der Waals surface area contributed by atoms with Gasteiger partial charge in [0.1, 0.15) is 0 Å². The highest BCUT2D eigenvalue weighted by molar-refractivity contribution is 5.95. The van der Waals surface area contributed by atoms with Gasteiger partial charge in [0.25, 0.3) is 0 Å². The van der Waals surface area contributed by atoms with Crippen molar-refractivity contribution >= 4 is 11.6 Å². The molecular formula is C20H20F4N4. The van der Waals surface area contributed by atoms with Crippen LogP contribution >= 0.6 is 0 Å². The number of aliphatic imine (C=N–C) groups is 1. The molecule has 8 heteroatoms. The third-order valence-electron chi connectivity index (χ3n) is 4.37. The molecule has 0 aliphatic carbocycles. The van der Waals surface area contributed by atoms with E-state index in [2.05, 4.69) is 15.6 Å². The topological polar surface area (TPSA) is 39.7 Å².